The Morgan fingerprint density at radius 3 is 2.33 bits per heavy atom. The smallest absolute Gasteiger partial charge is 0.165 e. The van der Waals surface area contributed by atoms with Crippen LogP contribution in [0.5, 0.6) is 0 Å². The van der Waals surface area contributed by atoms with Gasteiger partial charge in [0.25, 0.3) is 0 Å². The van der Waals surface area contributed by atoms with Gasteiger partial charge in [0, 0.05) is 10.6 Å². The number of pyridine rings is 1. The summed E-state index contributed by atoms with van der Waals surface area (Å²) in [6.07, 6.45) is 1.44. The van der Waals surface area contributed by atoms with Crippen LogP contribution in [0.3, 0.4) is 0 Å². The molecule has 2 N–H and O–H groups in total. The summed E-state index contributed by atoms with van der Waals surface area (Å²) in [4.78, 5) is 13.1. The fourth-order valence-corrected chi connectivity index (χ4v) is 2.83. The Hall–Kier alpha value is -2.98. The molecule has 0 saturated heterocycles. The lowest BCUT2D eigenvalue weighted by atomic mass is 10.00. The van der Waals surface area contributed by atoms with Gasteiger partial charge < -0.3 is 5.73 Å². The maximum atomic E-state index is 6.10. The average molecular weight is 333 g/mol. The number of anilines is 1. The van der Waals surface area contributed by atoms with E-state index >= 15 is 0 Å². The lowest BCUT2D eigenvalue weighted by Crippen LogP contribution is -1.98. The van der Waals surface area contributed by atoms with Crippen LogP contribution in [0.25, 0.3) is 33.4 Å². The zero-order valence-corrected chi connectivity index (χ0v) is 13.4. The second-order valence-corrected chi connectivity index (χ2v) is 5.82. The fourth-order valence-electron chi connectivity index (χ4n) is 2.70. The predicted molar refractivity (Wildman–Crippen MR) is 97.6 cm³/mol. The number of nitrogens with two attached hydrogens (primary N) is 1. The van der Waals surface area contributed by atoms with E-state index in [1.54, 1.807) is 0 Å². The molecule has 0 spiro atoms. The van der Waals surface area contributed by atoms with E-state index in [9.17, 15) is 0 Å². The van der Waals surface area contributed by atoms with Crippen molar-refractivity contribution >= 4 is 28.5 Å². The van der Waals surface area contributed by atoms with E-state index in [4.69, 9.17) is 17.3 Å². The highest BCUT2D eigenvalue weighted by molar-refractivity contribution is 6.30. The standard InChI is InChI=1S/C19H13ClN4/c20-14-8-6-12(7-9-14)15-10-16(13-4-2-1-3-5-13)24-19-17(15)18(21)22-11-23-19/h1-11H,(H2,21,22,23,24). The van der Waals surface area contributed by atoms with Gasteiger partial charge in [-0.1, -0.05) is 54.1 Å². The molecule has 0 aliphatic carbocycles. The first kappa shape index (κ1) is 14.6. The van der Waals surface area contributed by atoms with Crippen LogP contribution in [-0.2, 0) is 0 Å². The van der Waals surface area contributed by atoms with Crippen LogP contribution in [-0.4, -0.2) is 15.0 Å². The van der Waals surface area contributed by atoms with Gasteiger partial charge in [-0.3, -0.25) is 0 Å². The Kier molecular flexibility index (Phi) is 3.59. The van der Waals surface area contributed by atoms with E-state index in [1.807, 2.05) is 60.7 Å². The third-order valence-electron chi connectivity index (χ3n) is 3.86. The molecule has 2 aromatic heterocycles. The number of nitrogens with zero attached hydrogens (tertiary/aromatic N) is 3. The van der Waals surface area contributed by atoms with Crippen molar-refractivity contribution in [3.63, 3.8) is 0 Å². The van der Waals surface area contributed by atoms with Gasteiger partial charge in [0.1, 0.15) is 12.1 Å². The highest BCUT2D eigenvalue weighted by atomic mass is 35.5. The molecule has 4 nitrogen and oxygen atoms in total. The van der Waals surface area contributed by atoms with Gasteiger partial charge in [0.15, 0.2) is 5.65 Å². The summed E-state index contributed by atoms with van der Waals surface area (Å²) in [5.41, 5.74) is 10.5. The Bertz CT molecular complexity index is 1010. The molecule has 4 rings (SSSR count). The number of nitrogen functional groups attached to an aromatic ring is 1. The third-order valence-corrected chi connectivity index (χ3v) is 4.11. The third kappa shape index (κ3) is 2.57. The minimum absolute atomic E-state index is 0.414. The molecule has 0 aliphatic rings. The topological polar surface area (TPSA) is 64.7 Å². The van der Waals surface area contributed by atoms with Crippen LogP contribution in [0.15, 0.2) is 67.0 Å². The summed E-state index contributed by atoms with van der Waals surface area (Å²) in [5.74, 6) is 0.414. The SMILES string of the molecule is Nc1ncnc2nc(-c3ccccc3)cc(-c3ccc(Cl)cc3)c12. The van der Waals surface area contributed by atoms with E-state index in [0.717, 1.165) is 27.8 Å². The van der Waals surface area contributed by atoms with Gasteiger partial charge in [-0.25, -0.2) is 15.0 Å². The lowest BCUT2D eigenvalue weighted by Gasteiger charge is -2.11. The quantitative estimate of drug-likeness (QED) is 0.583. The Morgan fingerprint density at radius 1 is 0.833 bits per heavy atom. The second-order valence-electron chi connectivity index (χ2n) is 5.39. The van der Waals surface area contributed by atoms with E-state index in [-0.39, 0.29) is 0 Å². The first-order valence-corrected chi connectivity index (χ1v) is 7.83. The molecule has 0 fully saturated rings. The fraction of sp³-hybridized carbons (Fsp3) is 0. The highest BCUT2D eigenvalue weighted by Gasteiger charge is 2.13. The molecule has 2 heterocycles. The van der Waals surface area contributed by atoms with Gasteiger partial charge in [-0.2, -0.15) is 0 Å². The van der Waals surface area contributed by atoms with Crippen molar-refractivity contribution in [1.29, 1.82) is 0 Å². The monoisotopic (exact) mass is 332 g/mol. The molecule has 5 heteroatoms. The van der Waals surface area contributed by atoms with Gasteiger partial charge in [-0.05, 0) is 29.3 Å². The van der Waals surface area contributed by atoms with Crippen LogP contribution >= 0.6 is 11.6 Å². The van der Waals surface area contributed by atoms with Gasteiger partial charge in [0.05, 0.1) is 11.1 Å². The van der Waals surface area contributed by atoms with Crippen molar-refractivity contribution in [1.82, 2.24) is 15.0 Å². The summed E-state index contributed by atoms with van der Waals surface area (Å²) in [5, 5.41) is 1.43. The van der Waals surface area contributed by atoms with Crippen LogP contribution in [0.1, 0.15) is 0 Å². The Labute approximate surface area is 144 Å². The first-order valence-electron chi connectivity index (χ1n) is 7.45. The minimum Gasteiger partial charge on any atom is -0.383 e. The maximum absolute atomic E-state index is 6.10. The average Bonchev–Trinajstić information content (AvgIpc) is 2.62. The molecule has 0 saturated carbocycles. The number of benzene rings is 2. The van der Waals surface area contributed by atoms with Crippen LogP contribution in [0.4, 0.5) is 5.82 Å². The predicted octanol–water partition coefficient (Wildman–Crippen LogP) is 4.59. The van der Waals surface area contributed by atoms with Crippen molar-refractivity contribution in [2.45, 2.75) is 0 Å². The zero-order chi connectivity index (χ0) is 16.5. The molecule has 0 aliphatic heterocycles. The summed E-state index contributed by atoms with van der Waals surface area (Å²) < 4.78 is 0. The molecule has 24 heavy (non-hydrogen) atoms. The second kappa shape index (κ2) is 5.91. The molecule has 4 aromatic rings. The van der Waals surface area contributed by atoms with Crippen LogP contribution in [0.2, 0.25) is 5.02 Å². The molecule has 0 atom stereocenters. The van der Waals surface area contributed by atoms with Crippen molar-refractivity contribution < 1.29 is 0 Å². The summed E-state index contributed by atoms with van der Waals surface area (Å²) in [7, 11) is 0. The van der Waals surface area contributed by atoms with Gasteiger partial charge in [0.2, 0.25) is 0 Å². The van der Waals surface area contributed by atoms with Gasteiger partial charge >= 0.3 is 0 Å². The van der Waals surface area contributed by atoms with Crippen LogP contribution in [0, 0.1) is 0 Å². The molecule has 116 valence electrons. The zero-order valence-electron chi connectivity index (χ0n) is 12.6. The van der Waals surface area contributed by atoms with Crippen LogP contribution < -0.4 is 5.73 Å². The summed E-state index contributed by atoms with van der Waals surface area (Å²) >= 11 is 6.01. The first-order chi connectivity index (χ1) is 11.7. The molecule has 0 unspecified atom stereocenters. The number of hydrogen-bond donors (Lipinski definition) is 1. The Morgan fingerprint density at radius 2 is 1.58 bits per heavy atom. The van der Waals surface area contributed by atoms with Crippen molar-refractivity contribution in [2.24, 2.45) is 0 Å². The molecular formula is C19H13ClN4. The minimum atomic E-state index is 0.414. The molecule has 0 bridgehead atoms. The molecule has 0 amide bonds. The van der Waals surface area contributed by atoms with E-state index in [0.29, 0.717) is 16.5 Å². The number of aromatic nitrogens is 3. The summed E-state index contributed by atoms with van der Waals surface area (Å²) in [6, 6.07) is 19.6. The summed E-state index contributed by atoms with van der Waals surface area (Å²) in [6.45, 7) is 0. The molecule has 0 radical (unpaired) electrons. The Balaban J connectivity index is 2.04. The molecule has 2 aromatic carbocycles. The van der Waals surface area contributed by atoms with Crippen molar-refractivity contribution in [3.8, 4) is 22.4 Å². The van der Waals surface area contributed by atoms with Crippen molar-refractivity contribution in [3.05, 3.63) is 72.0 Å². The lowest BCUT2D eigenvalue weighted by molar-refractivity contribution is 1.19. The maximum Gasteiger partial charge on any atom is 0.165 e. The number of fused-ring (bicyclic) bond motifs is 1. The van der Waals surface area contributed by atoms with Crippen molar-refractivity contribution in [2.75, 3.05) is 5.73 Å². The highest BCUT2D eigenvalue weighted by Crippen LogP contribution is 2.33. The number of hydrogen-bond acceptors (Lipinski definition) is 4. The number of rotatable bonds is 2. The molecular weight excluding hydrogens is 320 g/mol. The van der Waals surface area contributed by atoms with E-state index in [1.165, 1.54) is 6.33 Å². The normalized spacial score (nSPS) is 10.9. The number of halogens is 1. The van der Waals surface area contributed by atoms with Gasteiger partial charge in [-0.15, -0.1) is 0 Å². The van der Waals surface area contributed by atoms with E-state index in [2.05, 4.69) is 15.0 Å². The largest absolute Gasteiger partial charge is 0.383 e. The van der Waals surface area contributed by atoms with E-state index < -0.39 is 0 Å².